The van der Waals surface area contributed by atoms with Crippen molar-refractivity contribution in [3.05, 3.63) is 22.7 Å². The maximum Gasteiger partial charge on any atom is 0.227 e. The van der Waals surface area contributed by atoms with Crippen molar-refractivity contribution in [2.45, 2.75) is 6.92 Å². The maximum absolute atomic E-state index is 6.07. The fourth-order valence-corrected chi connectivity index (χ4v) is 2.85. The number of rotatable bonds is 0. The standard InChI is InChI=1S/C9H7ClN4S/c1-4-5(10)2-3-6-7(4)14-8(11)12-13-9(14)15-6/h2-3H,1H3,(H2,11,12). The van der Waals surface area contributed by atoms with E-state index in [1.54, 1.807) is 11.3 Å². The van der Waals surface area contributed by atoms with E-state index in [1.165, 1.54) is 0 Å². The van der Waals surface area contributed by atoms with Crippen molar-refractivity contribution in [2.24, 2.45) is 0 Å². The van der Waals surface area contributed by atoms with Crippen molar-refractivity contribution < 1.29 is 0 Å². The lowest BCUT2D eigenvalue weighted by atomic mass is 10.2. The number of halogens is 1. The summed E-state index contributed by atoms with van der Waals surface area (Å²) in [6, 6.07) is 3.86. The third-order valence-electron chi connectivity index (χ3n) is 2.41. The molecule has 0 unspecified atom stereocenters. The van der Waals surface area contributed by atoms with Crippen molar-refractivity contribution in [3.63, 3.8) is 0 Å². The average Bonchev–Trinajstić information content (AvgIpc) is 2.73. The molecule has 0 bridgehead atoms. The van der Waals surface area contributed by atoms with Crippen LogP contribution in [-0.2, 0) is 0 Å². The molecule has 0 saturated carbocycles. The molecule has 2 heterocycles. The van der Waals surface area contributed by atoms with Crippen LogP contribution in [0.25, 0.3) is 15.2 Å². The zero-order valence-electron chi connectivity index (χ0n) is 7.86. The van der Waals surface area contributed by atoms with Gasteiger partial charge in [-0.2, -0.15) is 0 Å². The average molecular weight is 239 g/mol. The fraction of sp³-hybridized carbons (Fsp3) is 0.111. The summed E-state index contributed by atoms with van der Waals surface area (Å²) >= 11 is 7.63. The van der Waals surface area contributed by atoms with E-state index >= 15 is 0 Å². The van der Waals surface area contributed by atoms with Gasteiger partial charge in [0, 0.05) is 5.02 Å². The van der Waals surface area contributed by atoms with Crippen LogP contribution in [0, 0.1) is 6.92 Å². The lowest BCUT2D eigenvalue weighted by molar-refractivity contribution is 1.12. The predicted molar refractivity (Wildman–Crippen MR) is 62.5 cm³/mol. The van der Waals surface area contributed by atoms with Crippen LogP contribution in [0.5, 0.6) is 0 Å². The van der Waals surface area contributed by atoms with Gasteiger partial charge in [0.15, 0.2) is 0 Å². The smallest absolute Gasteiger partial charge is 0.227 e. The van der Waals surface area contributed by atoms with E-state index in [9.17, 15) is 0 Å². The Balaban J connectivity index is 2.65. The zero-order chi connectivity index (χ0) is 10.6. The molecule has 2 aromatic heterocycles. The van der Waals surface area contributed by atoms with Crippen LogP contribution in [0.15, 0.2) is 12.1 Å². The summed E-state index contributed by atoms with van der Waals surface area (Å²) in [5, 5.41) is 8.56. The minimum absolute atomic E-state index is 0.404. The number of aryl methyl sites for hydroxylation is 1. The number of benzene rings is 1. The summed E-state index contributed by atoms with van der Waals surface area (Å²) in [5.41, 5.74) is 7.77. The van der Waals surface area contributed by atoms with E-state index in [0.29, 0.717) is 5.95 Å². The molecule has 15 heavy (non-hydrogen) atoms. The van der Waals surface area contributed by atoms with Crippen LogP contribution in [0.2, 0.25) is 5.02 Å². The lowest BCUT2D eigenvalue weighted by Crippen LogP contribution is -1.94. The molecule has 1 aromatic carbocycles. The second kappa shape index (κ2) is 2.84. The first-order valence-electron chi connectivity index (χ1n) is 4.36. The molecule has 0 atom stereocenters. The van der Waals surface area contributed by atoms with Gasteiger partial charge in [-0.3, -0.25) is 4.40 Å². The molecule has 4 nitrogen and oxygen atoms in total. The van der Waals surface area contributed by atoms with E-state index in [1.807, 2.05) is 23.5 Å². The van der Waals surface area contributed by atoms with E-state index in [-0.39, 0.29) is 0 Å². The SMILES string of the molecule is Cc1c(Cl)ccc2sc3nnc(N)n3c12. The number of anilines is 1. The number of aromatic nitrogens is 3. The predicted octanol–water partition coefficient (Wildman–Crippen LogP) is 2.49. The van der Waals surface area contributed by atoms with Gasteiger partial charge in [0.1, 0.15) is 0 Å². The molecule has 2 N–H and O–H groups in total. The Labute approximate surface area is 94.3 Å². The molecule has 0 saturated heterocycles. The molecule has 0 fully saturated rings. The van der Waals surface area contributed by atoms with Crippen LogP contribution in [-0.4, -0.2) is 14.6 Å². The number of nitrogens with zero attached hydrogens (tertiary/aromatic N) is 3. The van der Waals surface area contributed by atoms with Gasteiger partial charge < -0.3 is 5.73 Å². The second-order valence-electron chi connectivity index (χ2n) is 3.30. The Morgan fingerprint density at radius 3 is 3.00 bits per heavy atom. The van der Waals surface area contributed by atoms with E-state index in [2.05, 4.69) is 10.2 Å². The van der Waals surface area contributed by atoms with E-state index < -0.39 is 0 Å². The molecule has 6 heteroatoms. The van der Waals surface area contributed by atoms with Crippen LogP contribution in [0.3, 0.4) is 0 Å². The van der Waals surface area contributed by atoms with Gasteiger partial charge in [0.2, 0.25) is 10.9 Å². The van der Waals surface area contributed by atoms with E-state index in [4.69, 9.17) is 17.3 Å². The molecule has 0 amide bonds. The minimum Gasteiger partial charge on any atom is -0.368 e. The number of nitrogens with two attached hydrogens (primary N) is 1. The van der Waals surface area contributed by atoms with Crippen molar-refractivity contribution in [2.75, 3.05) is 5.73 Å². The summed E-state index contributed by atoms with van der Waals surface area (Å²) < 4.78 is 2.95. The van der Waals surface area contributed by atoms with Gasteiger partial charge in [-0.15, -0.1) is 10.2 Å². The van der Waals surface area contributed by atoms with E-state index in [0.717, 1.165) is 25.8 Å². The zero-order valence-corrected chi connectivity index (χ0v) is 9.43. The maximum atomic E-state index is 6.07. The molecule has 3 aromatic rings. The summed E-state index contributed by atoms with van der Waals surface area (Å²) in [4.78, 5) is 0.799. The molecule has 0 radical (unpaired) electrons. The van der Waals surface area contributed by atoms with Gasteiger partial charge >= 0.3 is 0 Å². The normalized spacial score (nSPS) is 11.6. The van der Waals surface area contributed by atoms with Crippen LogP contribution in [0.4, 0.5) is 5.95 Å². The first kappa shape index (κ1) is 8.94. The molecule has 0 aliphatic rings. The Morgan fingerprint density at radius 1 is 1.40 bits per heavy atom. The molecule has 0 aliphatic carbocycles. The highest BCUT2D eigenvalue weighted by molar-refractivity contribution is 7.23. The third kappa shape index (κ3) is 1.07. The summed E-state index contributed by atoms with van der Waals surface area (Å²) in [7, 11) is 0. The molecular formula is C9H7ClN4S. The number of hydrogen-bond acceptors (Lipinski definition) is 4. The third-order valence-corrected chi connectivity index (χ3v) is 3.82. The Bertz CT molecular complexity index is 669. The first-order valence-corrected chi connectivity index (χ1v) is 5.56. The summed E-state index contributed by atoms with van der Waals surface area (Å²) in [6.07, 6.45) is 0. The number of nitrogen functional groups attached to an aromatic ring is 1. The number of hydrogen-bond donors (Lipinski definition) is 1. The monoisotopic (exact) mass is 238 g/mol. The topological polar surface area (TPSA) is 56.2 Å². The second-order valence-corrected chi connectivity index (χ2v) is 4.71. The van der Waals surface area contributed by atoms with Gasteiger partial charge in [0.05, 0.1) is 10.2 Å². The molecule has 76 valence electrons. The van der Waals surface area contributed by atoms with Gasteiger partial charge in [-0.05, 0) is 24.6 Å². The van der Waals surface area contributed by atoms with Gasteiger partial charge in [-0.25, -0.2) is 0 Å². The fourth-order valence-electron chi connectivity index (χ4n) is 1.67. The highest BCUT2D eigenvalue weighted by Crippen LogP contribution is 2.32. The van der Waals surface area contributed by atoms with Gasteiger partial charge in [-0.1, -0.05) is 22.9 Å². The summed E-state index contributed by atoms with van der Waals surface area (Å²) in [6.45, 7) is 1.97. The Kier molecular flexibility index (Phi) is 1.69. The van der Waals surface area contributed by atoms with Crippen molar-refractivity contribution >= 4 is 44.1 Å². The molecule has 0 aliphatic heterocycles. The van der Waals surface area contributed by atoms with Crippen molar-refractivity contribution in [1.29, 1.82) is 0 Å². The number of thiazole rings is 1. The summed E-state index contributed by atoms with van der Waals surface area (Å²) in [5.74, 6) is 0.404. The van der Waals surface area contributed by atoms with Crippen LogP contribution in [0.1, 0.15) is 5.56 Å². The largest absolute Gasteiger partial charge is 0.368 e. The lowest BCUT2D eigenvalue weighted by Gasteiger charge is -2.00. The number of fused-ring (bicyclic) bond motifs is 3. The Hall–Kier alpha value is -1.33. The molecule has 3 rings (SSSR count). The van der Waals surface area contributed by atoms with Crippen molar-refractivity contribution in [3.8, 4) is 0 Å². The molecular weight excluding hydrogens is 232 g/mol. The van der Waals surface area contributed by atoms with Crippen LogP contribution >= 0.6 is 22.9 Å². The molecule has 0 spiro atoms. The van der Waals surface area contributed by atoms with Crippen molar-refractivity contribution in [1.82, 2.24) is 14.6 Å². The highest BCUT2D eigenvalue weighted by Gasteiger charge is 2.13. The van der Waals surface area contributed by atoms with Crippen LogP contribution < -0.4 is 5.73 Å². The minimum atomic E-state index is 0.404. The quantitative estimate of drug-likeness (QED) is 0.655. The first-order chi connectivity index (χ1) is 7.18. The highest BCUT2D eigenvalue weighted by atomic mass is 35.5. The van der Waals surface area contributed by atoms with Gasteiger partial charge in [0.25, 0.3) is 0 Å². The Morgan fingerprint density at radius 2 is 2.20 bits per heavy atom.